The van der Waals surface area contributed by atoms with Crippen LogP contribution in [0.5, 0.6) is 5.75 Å². The zero-order chi connectivity index (χ0) is 18.5. The van der Waals surface area contributed by atoms with Crippen LogP contribution < -0.4 is 15.6 Å². The highest BCUT2D eigenvalue weighted by atomic mass is 16.5. The first-order valence-electron chi connectivity index (χ1n) is 7.80. The second kappa shape index (κ2) is 7.52. The molecule has 1 aromatic heterocycles. The van der Waals surface area contributed by atoms with Gasteiger partial charge in [0, 0.05) is 17.0 Å². The van der Waals surface area contributed by atoms with Gasteiger partial charge in [0.05, 0.1) is 18.4 Å². The van der Waals surface area contributed by atoms with E-state index < -0.39 is 24.0 Å². The molecule has 1 heterocycles. The maximum Gasteiger partial charge on any atom is 0.339 e. The highest BCUT2D eigenvalue weighted by molar-refractivity contribution is 6.04. The van der Waals surface area contributed by atoms with E-state index in [9.17, 15) is 14.4 Å². The van der Waals surface area contributed by atoms with E-state index in [2.05, 4.69) is 10.3 Å². The number of methoxy groups -OCH3 is 1. The lowest BCUT2D eigenvalue weighted by Gasteiger charge is -2.10. The summed E-state index contributed by atoms with van der Waals surface area (Å²) in [5.74, 6) is -0.771. The molecule has 0 saturated heterocycles. The Bertz CT molecular complexity index is 1030. The molecule has 2 N–H and O–H groups in total. The van der Waals surface area contributed by atoms with Crippen LogP contribution in [-0.2, 0) is 9.53 Å². The molecule has 0 radical (unpaired) electrons. The Morgan fingerprint density at radius 1 is 1.08 bits per heavy atom. The van der Waals surface area contributed by atoms with Crippen molar-refractivity contribution in [1.29, 1.82) is 0 Å². The van der Waals surface area contributed by atoms with Crippen LogP contribution in [0, 0.1) is 0 Å². The summed E-state index contributed by atoms with van der Waals surface area (Å²) in [6, 6.07) is 14.9. The summed E-state index contributed by atoms with van der Waals surface area (Å²) in [6.45, 7) is -0.488. The lowest BCUT2D eigenvalue weighted by molar-refractivity contribution is -0.119. The Kier molecular flexibility index (Phi) is 4.98. The summed E-state index contributed by atoms with van der Waals surface area (Å²) in [4.78, 5) is 38.7. The molecular formula is C19H16N2O5. The van der Waals surface area contributed by atoms with Gasteiger partial charge in [0.25, 0.3) is 5.91 Å². The topological polar surface area (TPSA) is 97.5 Å². The Balaban J connectivity index is 1.71. The van der Waals surface area contributed by atoms with Gasteiger partial charge in [-0.3, -0.25) is 9.59 Å². The number of carbonyl (C=O) groups excluding carboxylic acids is 2. The van der Waals surface area contributed by atoms with Crippen LogP contribution in [0.25, 0.3) is 10.9 Å². The summed E-state index contributed by atoms with van der Waals surface area (Å²) >= 11 is 0. The predicted molar refractivity (Wildman–Crippen MR) is 96.5 cm³/mol. The van der Waals surface area contributed by atoms with Crippen LogP contribution >= 0.6 is 0 Å². The van der Waals surface area contributed by atoms with Crippen molar-refractivity contribution >= 4 is 28.5 Å². The molecule has 0 bridgehead atoms. The van der Waals surface area contributed by atoms with Gasteiger partial charge in [-0.05, 0) is 18.2 Å². The standard InChI is InChI=1S/C19H16N2O5/c1-25-16-9-5-4-8-15(16)21-18(23)11-26-19(24)13-10-17(22)20-14-7-3-2-6-12(13)14/h2-10H,11H2,1H3,(H,20,22)(H,21,23). The number of aromatic amines is 1. The largest absolute Gasteiger partial charge is 0.495 e. The molecule has 0 spiro atoms. The molecule has 0 aliphatic rings. The number of esters is 1. The summed E-state index contributed by atoms with van der Waals surface area (Å²) in [6.07, 6.45) is 0. The van der Waals surface area contributed by atoms with Crippen LogP contribution in [0.3, 0.4) is 0 Å². The fraction of sp³-hybridized carbons (Fsp3) is 0.105. The summed E-state index contributed by atoms with van der Waals surface area (Å²) < 4.78 is 10.2. The third-order valence-electron chi connectivity index (χ3n) is 3.69. The number of fused-ring (bicyclic) bond motifs is 1. The zero-order valence-electron chi connectivity index (χ0n) is 13.9. The number of pyridine rings is 1. The van der Waals surface area contributed by atoms with Crippen molar-refractivity contribution in [2.24, 2.45) is 0 Å². The van der Waals surface area contributed by atoms with Crippen LogP contribution in [0.1, 0.15) is 10.4 Å². The predicted octanol–water partition coefficient (Wildman–Crippen LogP) is 2.33. The third kappa shape index (κ3) is 3.72. The van der Waals surface area contributed by atoms with Crippen molar-refractivity contribution in [3.63, 3.8) is 0 Å². The smallest absolute Gasteiger partial charge is 0.339 e. The highest BCUT2D eigenvalue weighted by Crippen LogP contribution is 2.22. The molecule has 1 amide bonds. The monoisotopic (exact) mass is 352 g/mol. The molecule has 3 aromatic rings. The van der Waals surface area contributed by atoms with E-state index in [-0.39, 0.29) is 5.56 Å². The Hall–Kier alpha value is -3.61. The van der Waals surface area contributed by atoms with E-state index >= 15 is 0 Å². The van der Waals surface area contributed by atoms with Crippen molar-refractivity contribution in [3.8, 4) is 5.75 Å². The van der Waals surface area contributed by atoms with Gasteiger partial charge in [-0.1, -0.05) is 30.3 Å². The second-order valence-electron chi connectivity index (χ2n) is 5.42. The molecule has 7 nitrogen and oxygen atoms in total. The van der Waals surface area contributed by atoms with Gasteiger partial charge >= 0.3 is 5.97 Å². The summed E-state index contributed by atoms with van der Waals surface area (Å²) in [7, 11) is 1.49. The molecule has 132 valence electrons. The molecule has 0 aliphatic carbocycles. The first kappa shape index (κ1) is 17.2. The lowest BCUT2D eigenvalue weighted by Crippen LogP contribution is -2.22. The van der Waals surface area contributed by atoms with E-state index in [1.54, 1.807) is 48.5 Å². The zero-order valence-corrected chi connectivity index (χ0v) is 13.9. The SMILES string of the molecule is COc1ccccc1NC(=O)COC(=O)c1cc(=O)[nH]c2ccccc12. The van der Waals surface area contributed by atoms with Crippen LogP contribution in [0.15, 0.2) is 59.4 Å². The molecule has 0 aliphatic heterocycles. The Morgan fingerprint density at radius 3 is 2.62 bits per heavy atom. The number of nitrogens with one attached hydrogen (secondary N) is 2. The number of hydrogen-bond donors (Lipinski definition) is 2. The first-order chi connectivity index (χ1) is 12.6. The number of ether oxygens (including phenoxy) is 2. The maximum atomic E-state index is 12.3. The Morgan fingerprint density at radius 2 is 1.81 bits per heavy atom. The number of carbonyl (C=O) groups is 2. The lowest BCUT2D eigenvalue weighted by atomic mass is 10.1. The van der Waals surface area contributed by atoms with E-state index in [4.69, 9.17) is 9.47 Å². The molecule has 0 atom stereocenters. The number of hydrogen-bond acceptors (Lipinski definition) is 5. The van der Waals surface area contributed by atoms with Crippen molar-refractivity contribution in [2.75, 3.05) is 19.0 Å². The molecule has 3 rings (SSSR count). The molecule has 7 heteroatoms. The van der Waals surface area contributed by atoms with Crippen LogP contribution in [0.4, 0.5) is 5.69 Å². The highest BCUT2D eigenvalue weighted by Gasteiger charge is 2.15. The second-order valence-corrected chi connectivity index (χ2v) is 5.42. The van der Waals surface area contributed by atoms with E-state index in [1.165, 1.54) is 7.11 Å². The van der Waals surface area contributed by atoms with Crippen molar-refractivity contribution in [2.45, 2.75) is 0 Å². The molecule has 26 heavy (non-hydrogen) atoms. The average molecular weight is 352 g/mol. The van der Waals surface area contributed by atoms with E-state index in [0.717, 1.165) is 6.07 Å². The number of aromatic nitrogens is 1. The quantitative estimate of drug-likeness (QED) is 0.687. The molecule has 0 fully saturated rings. The molecule has 0 saturated carbocycles. The van der Waals surface area contributed by atoms with Gasteiger partial charge in [-0.15, -0.1) is 0 Å². The van der Waals surface area contributed by atoms with Gasteiger partial charge in [-0.25, -0.2) is 4.79 Å². The summed E-state index contributed by atoms with van der Waals surface area (Å²) in [5, 5.41) is 3.15. The minimum atomic E-state index is -0.748. The third-order valence-corrected chi connectivity index (χ3v) is 3.69. The normalized spacial score (nSPS) is 10.3. The van der Waals surface area contributed by atoms with Crippen molar-refractivity contribution in [3.05, 3.63) is 70.5 Å². The first-order valence-corrected chi connectivity index (χ1v) is 7.80. The minimum Gasteiger partial charge on any atom is -0.495 e. The minimum absolute atomic E-state index is 0.106. The molecule has 2 aromatic carbocycles. The average Bonchev–Trinajstić information content (AvgIpc) is 2.65. The van der Waals surface area contributed by atoms with Gasteiger partial charge in [-0.2, -0.15) is 0 Å². The van der Waals surface area contributed by atoms with Gasteiger partial charge < -0.3 is 19.8 Å². The number of benzene rings is 2. The number of amides is 1. The van der Waals surface area contributed by atoms with Gasteiger partial charge in [0.1, 0.15) is 5.75 Å². The van der Waals surface area contributed by atoms with E-state index in [0.29, 0.717) is 22.3 Å². The van der Waals surface area contributed by atoms with Crippen LogP contribution in [-0.4, -0.2) is 30.6 Å². The number of rotatable bonds is 5. The number of anilines is 1. The number of H-pyrrole nitrogens is 1. The molecular weight excluding hydrogens is 336 g/mol. The summed E-state index contributed by atoms with van der Waals surface area (Å²) in [5.41, 5.74) is 0.673. The number of para-hydroxylation sites is 3. The molecule has 0 unspecified atom stereocenters. The van der Waals surface area contributed by atoms with Crippen molar-refractivity contribution < 1.29 is 19.1 Å². The van der Waals surface area contributed by atoms with Gasteiger partial charge in [0.2, 0.25) is 5.56 Å². The van der Waals surface area contributed by atoms with E-state index in [1.807, 2.05) is 0 Å². The van der Waals surface area contributed by atoms with Gasteiger partial charge in [0.15, 0.2) is 6.61 Å². The van der Waals surface area contributed by atoms with Crippen LogP contribution in [0.2, 0.25) is 0 Å². The fourth-order valence-corrected chi connectivity index (χ4v) is 2.52. The maximum absolute atomic E-state index is 12.3. The van der Waals surface area contributed by atoms with Crippen molar-refractivity contribution in [1.82, 2.24) is 4.98 Å². The Labute approximate surface area is 148 Å². The fourth-order valence-electron chi connectivity index (χ4n) is 2.52.